The van der Waals surface area contributed by atoms with Crippen molar-refractivity contribution in [2.24, 2.45) is 0 Å². The molecule has 1 heterocycles. The lowest BCUT2D eigenvalue weighted by Gasteiger charge is -2.02. The summed E-state index contributed by atoms with van der Waals surface area (Å²) < 4.78 is 5.43. The summed E-state index contributed by atoms with van der Waals surface area (Å²) >= 11 is 0. The zero-order chi connectivity index (χ0) is 9.59. The molecule has 0 aliphatic rings. The van der Waals surface area contributed by atoms with Gasteiger partial charge in [-0.3, -0.25) is 0 Å². The van der Waals surface area contributed by atoms with Crippen LogP contribution in [0.4, 0.5) is 0 Å². The number of fused-ring (bicyclic) bond motifs is 1. The molecule has 0 N–H and O–H groups in total. The molecule has 0 atom stereocenters. The Bertz CT molecular complexity index is 468. The first-order valence-electron chi connectivity index (χ1n) is 4.29. The highest BCUT2D eigenvalue weighted by Gasteiger charge is 2.08. The SMILES string of the molecule is [CH2]c1c(C)c(C)cc2oc(C)nc12. The standard InChI is InChI=1S/C11H12NO/c1-6-5-10-11(8(3)7(6)2)12-9(4)13-10/h5H,3H2,1-2,4H3. The lowest BCUT2D eigenvalue weighted by atomic mass is 10.0. The summed E-state index contributed by atoms with van der Waals surface area (Å²) in [6.45, 7) is 9.96. The Kier molecular flexibility index (Phi) is 1.65. The van der Waals surface area contributed by atoms with Crippen LogP contribution in [-0.2, 0) is 0 Å². The van der Waals surface area contributed by atoms with E-state index in [-0.39, 0.29) is 0 Å². The number of hydrogen-bond donors (Lipinski definition) is 0. The number of hydrogen-bond acceptors (Lipinski definition) is 2. The van der Waals surface area contributed by atoms with Crippen molar-refractivity contribution in [2.75, 3.05) is 0 Å². The van der Waals surface area contributed by atoms with Gasteiger partial charge in [-0.2, -0.15) is 0 Å². The minimum atomic E-state index is 0.699. The first-order valence-corrected chi connectivity index (χ1v) is 4.29. The van der Waals surface area contributed by atoms with E-state index in [4.69, 9.17) is 4.42 Å². The number of rotatable bonds is 0. The van der Waals surface area contributed by atoms with Crippen LogP contribution >= 0.6 is 0 Å². The van der Waals surface area contributed by atoms with Crippen LogP contribution in [0.2, 0.25) is 0 Å². The highest BCUT2D eigenvalue weighted by atomic mass is 16.3. The molecule has 1 aromatic carbocycles. The van der Waals surface area contributed by atoms with Crippen LogP contribution in [0.15, 0.2) is 10.5 Å². The Hall–Kier alpha value is -1.31. The Labute approximate surface area is 77.6 Å². The fourth-order valence-corrected chi connectivity index (χ4v) is 1.48. The minimum Gasteiger partial charge on any atom is -0.441 e. The van der Waals surface area contributed by atoms with Gasteiger partial charge in [-0.25, -0.2) is 4.98 Å². The summed E-state index contributed by atoms with van der Waals surface area (Å²) in [6.07, 6.45) is 0. The number of nitrogens with zero attached hydrogens (tertiary/aromatic N) is 1. The first-order chi connectivity index (χ1) is 6.09. The molecular weight excluding hydrogens is 162 g/mol. The summed E-state index contributed by atoms with van der Waals surface area (Å²) in [5.41, 5.74) is 5.10. The van der Waals surface area contributed by atoms with Crippen molar-refractivity contribution in [1.29, 1.82) is 0 Å². The normalized spacial score (nSPS) is 11.1. The zero-order valence-electron chi connectivity index (χ0n) is 8.14. The predicted molar refractivity (Wildman–Crippen MR) is 52.7 cm³/mol. The van der Waals surface area contributed by atoms with Crippen LogP contribution in [0.25, 0.3) is 11.1 Å². The smallest absolute Gasteiger partial charge is 0.192 e. The average Bonchev–Trinajstić information content (AvgIpc) is 2.42. The molecule has 0 spiro atoms. The second kappa shape index (κ2) is 2.59. The quantitative estimate of drug-likeness (QED) is 0.613. The number of aromatic nitrogens is 1. The van der Waals surface area contributed by atoms with Crippen LogP contribution in [0.3, 0.4) is 0 Å². The maximum atomic E-state index is 5.43. The van der Waals surface area contributed by atoms with E-state index in [0.717, 1.165) is 16.7 Å². The fraction of sp³-hybridized carbons (Fsp3) is 0.273. The van der Waals surface area contributed by atoms with Gasteiger partial charge in [0.15, 0.2) is 11.5 Å². The second-order valence-electron chi connectivity index (χ2n) is 3.38. The second-order valence-corrected chi connectivity index (χ2v) is 3.38. The minimum absolute atomic E-state index is 0.699. The summed E-state index contributed by atoms with van der Waals surface area (Å²) in [5.74, 6) is 0.699. The Morgan fingerprint density at radius 3 is 2.69 bits per heavy atom. The van der Waals surface area contributed by atoms with Crippen molar-refractivity contribution in [3.8, 4) is 0 Å². The van der Waals surface area contributed by atoms with Gasteiger partial charge in [0.2, 0.25) is 0 Å². The molecule has 0 saturated heterocycles. The largest absolute Gasteiger partial charge is 0.441 e. The van der Waals surface area contributed by atoms with Crippen LogP contribution in [0, 0.1) is 27.7 Å². The van der Waals surface area contributed by atoms with Crippen LogP contribution in [0.1, 0.15) is 22.6 Å². The van der Waals surface area contributed by atoms with E-state index in [2.05, 4.69) is 25.8 Å². The van der Waals surface area contributed by atoms with E-state index >= 15 is 0 Å². The van der Waals surface area contributed by atoms with Crippen molar-refractivity contribution in [1.82, 2.24) is 4.98 Å². The van der Waals surface area contributed by atoms with Gasteiger partial charge in [0.25, 0.3) is 0 Å². The van der Waals surface area contributed by atoms with Crippen molar-refractivity contribution in [3.05, 3.63) is 35.6 Å². The third-order valence-electron chi connectivity index (χ3n) is 2.44. The Morgan fingerprint density at radius 1 is 1.31 bits per heavy atom. The predicted octanol–water partition coefficient (Wildman–Crippen LogP) is 2.94. The lowest BCUT2D eigenvalue weighted by Crippen LogP contribution is -1.87. The van der Waals surface area contributed by atoms with E-state index in [9.17, 15) is 0 Å². The maximum Gasteiger partial charge on any atom is 0.192 e. The summed E-state index contributed by atoms with van der Waals surface area (Å²) in [6, 6.07) is 2.01. The molecule has 1 radical (unpaired) electrons. The molecule has 2 heteroatoms. The molecule has 0 aliphatic heterocycles. The van der Waals surface area contributed by atoms with Crippen molar-refractivity contribution in [3.63, 3.8) is 0 Å². The van der Waals surface area contributed by atoms with Crippen LogP contribution < -0.4 is 0 Å². The average molecular weight is 174 g/mol. The monoisotopic (exact) mass is 174 g/mol. The fourth-order valence-electron chi connectivity index (χ4n) is 1.48. The van der Waals surface area contributed by atoms with Gasteiger partial charge in [0.05, 0.1) is 0 Å². The van der Waals surface area contributed by atoms with E-state index in [1.54, 1.807) is 0 Å². The lowest BCUT2D eigenvalue weighted by molar-refractivity contribution is 0.561. The Balaban J connectivity index is 2.92. The third kappa shape index (κ3) is 1.13. The molecule has 0 aliphatic carbocycles. The number of oxazole rings is 1. The summed E-state index contributed by atoms with van der Waals surface area (Å²) in [5, 5.41) is 0. The highest BCUT2D eigenvalue weighted by Crippen LogP contribution is 2.24. The van der Waals surface area contributed by atoms with Gasteiger partial charge in [0, 0.05) is 6.92 Å². The van der Waals surface area contributed by atoms with Gasteiger partial charge in [-0.15, -0.1) is 0 Å². The molecule has 2 nitrogen and oxygen atoms in total. The highest BCUT2D eigenvalue weighted by molar-refractivity contribution is 5.80. The number of benzene rings is 1. The van der Waals surface area contributed by atoms with Crippen molar-refractivity contribution in [2.45, 2.75) is 20.8 Å². The summed E-state index contributed by atoms with van der Waals surface area (Å²) in [4.78, 5) is 4.29. The zero-order valence-corrected chi connectivity index (χ0v) is 8.14. The van der Waals surface area contributed by atoms with Gasteiger partial charge in [0.1, 0.15) is 5.52 Å². The molecule has 0 amide bonds. The molecule has 1 aromatic heterocycles. The molecule has 2 aromatic rings. The van der Waals surface area contributed by atoms with E-state index in [1.165, 1.54) is 11.1 Å². The topological polar surface area (TPSA) is 26.0 Å². The molecule has 0 fully saturated rings. The van der Waals surface area contributed by atoms with E-state index < -0.39 is 0 Å². The maximum absolute atomic E-state index is 5.43. The van der Waals surface area contributed by atoms with Crippen molar-refractivity contribution >= 4 is 11.1 Å². The molecule has 0 bridgehead atoms. The van der Waals surface area contributed by atoms with E-state index in [0.29, 0.717) is 5.89 Å². The van der Waals surface area contributed by atoms with Gasteiger partial charge in [-0.1, -0.05) is 0 Å². The third-order valence-corrected chi connectivity index (χ3v) is 2.44. The van der Waals surface area contributed by atoms with Crippen LogP contribution in [-0.4, -0.2) is 4.98 Å². The molecular formula is C11H12NO. The van der Waals surface area contributed by atoms with Gasteiger partial charge >= 0.3 is 0 Å². The number of aryl methyl sites for hydroxylation is 2. The first kappa shape index (κ1) is 8.30. The summed E-state index contributed by atoms with van der Waals surface area (Å²) in [7, 11) is 0. The van der Waals surface area contributed by atoms with E-state index in [1.807, 2.05) is 13.0 Å². The van der Waals surface area contributed by atoms with Gasteiger partial charge < -0.3 is 4.42 Å². The molecule has 67 valence electrons. The van der Waals surface area contributed by atoms with Gasteiger partial charge in [-0.05, 0) is 43.5 Å². The molecule has 2 rings (SSSR count). The Morgan fingerprint density at radius 2 is 2.00 bits per heavy atom. The molecule has 0 saturated carbocycles. The van der Waals surface area contributed by atoms with Crippen molar-refractivity contribution < 1.29 is 4.42 Å². The van der Waals surface area contributed by atoms with Crippen LogP contribution in [0.5, 0.6) is 0 Å². The molecule has 13 heavy (non-hydrogen) atoms. The molecule has 0 unspecified atom stereocenters.